The predicted molar refractivity (Wildman–Crippen MR) is 73.8 cm³/mol. The molecule has 3 aromatic heterocycles. The maximum Gasteiger partial charge on any atom is 0.261 e. The van der Waals surface area contributed by atoms with Gasteiger partial charge in [0.25, 0.3) is 5.89 Å². The van der Waals surface area contributed by atoms with E-state index in [1.165, 1.54) is 4.88 Å². The fourth-order valence-electron chi connectivity index (χ4n) is 1.83. The molecule has 0 spiro atoms. The second-order valence-electron chi connectivity index (χ2n) is 4.20. The van der Waals surface area contributed by atoms with Gasteiger partial charge in [0.2, 0.25) is 5.82 Å². The van der Waals surface area contributed by atoms with Gasteiger partial charge < -0.3 is 14.7 Å². The summed E-state index contributed by atoms with van der Waals surface area (Å²) >= 11 is 1.55. The highest BCUT2D eigenvalue weighted by molar-refractivity contribution is 7.16. The van der Waals surface area contributed by atoms with Crippen LogP contribution >= 0.6 is 11.3 Å². The maximum absolute atomic E-state index is 5.97. The number of aryl methyl sites for hydroxylation is 2. The molecule has 0 aliphatic heterocycles. The number of furan rings is 1. The van der Waals surface area contributed by atoms with Crippen LogP contribution in [0.25, 0.3) is 23.0 Å². The fraction of sp³-hybridized carbons (Fsp3) is 0.231. The summed E-state index contributed by atoms with van der Waals surface area (Å²) in [6.07, 6.45) is 2.54. The number of hydrogen-bond donors (Lipinski definition) is 1. The molecule has 0 bridgehead atoms. The Hall–Kier alpha value is -2.08. The molecule has 0 unspecified atom stereocenters. The van der Waals surface area contributed by atoms with Crippen molar-refractivity contribution in [3.8, 4) is 23.0 Å². The van der Waals surface area contributed by atoms with Crippen LogP contribution in [0, 0.1) is 6.92 Å². The van der Waals surface area contributed by atoms with E-state index in [1.54, 1.807) is 17.6 Å². The minimum absolute atomic E-state index is 0.430. The second-order valence-corrected chi connectivity index (χ2v) is 5.37. The molecule has 0 aliphatic carbocycles. The lowest BCUT2D eigenvalue weighted by atomic mass is 10.2. The topological polar surface area (TPSA) is 78.1 Å². The van der Waals surface area contributed by atoms with E-state index in [1.807, 2.05) is 19.1 Å². The summed E-state index contributed by atoms with van der Waals surface area (Å²) in [5.74, 6) is 1.50. The SMILES string of the molecule is CCc1cc(-c2nc(-c3occc3C)no2)c(N)s1. The van der Waals surface area contributed by atoms with Crippen LogP contribution in [0.3, 0.4) is 0 Å². The number of aromatic nitrogens is 2. The van der Waals surface area contributed by atoms with Gasteiger partial charge in [-0.05, 0) is 31.0 Å². The molecule has 0 amide bonds. The number of thiophene rings is 1. The van der Waals surface area contributed by atoms with Crippen molar-refractivity contribution < 1.29 is 8.94 Å². The van der Waals surface area contributed by atoms with E-state index in [4.69, 9.17) is 14.7 Å². The molecule has 19 heavy (non-hydrogen) atoms. The quantitative estimate of drug-likeness (QED) is 0.791. The molecule has 3 rings (SSSR count). The third kappa shape index (κ3) is 2.04. The minimum atomic E-state index is 0.430. The maximum atomic E-state index is 5.97. The Morgan fingerprint density at radius 3 is 2.89 bits per heavy atom. The van der Waals surface area contributed by atoms with Crippen LogP contribution in [0.4, 0.5) is 5.00 Å². The molecule has 2 N–H and O–H groups in total. The smallest absolute Gasteiger partial charge is 0.261 e. The molecule has 0 saturated heterocycles. The van der Waals surface area contributed by atoms with Crippen LogP contribution < -0.4 is 5.73 Å². The summed E-state index contributed by atoms with van der Waals surface area (Å²) in [4.78, 5) is 5.54. The van der Waals surface area contributed by atoms with E-state index >= 15 is 0 Å². The van der Waals surface area contributed by atoms with Crippen molar-refractivity contribution in [3.63, 3.8) is 0 Å². The number of nitrogen functional groups attached to an aromatic ring is 1. The van der Waals surface area contributed by atoms with E-state index in [0.29, 0.717) is 22.5 Å². The average Bonchev–Trinajstić information content (AvgIpc) is 3.07. The van der Waals surface area contributed by atoms with Crippen molar-refractivity contribution in [2.45, 2.75) is 20.3 Å². The second kappa shape index (κ2) is 4.55. The van der Waals surface area contributed by atoms with Gasteiger partial charge in [0.05, 0.1) is 16.8 Å². The van der Waals surface area contributed by atoms with Gasteiger partial charge in [-0.1, -0.05) is 12.1 Å². The number of anilines is 1. The number of nitrogens with zero attached hydrogens (tertiary/aromatic N) is 2. The van der Waals surface area contributed by atoms with Gasteiger partial charge >= 0.3 is 0 Å². The van der Waals surface area contributed by atoms with Crippen LogP contribution in [0.2, 0.25) is 0 Å². The Labute approximate surface area is 114 Å². The van der Waals surface area contributed by atoms with E-state index in [2.05, 4.69) is 17.1 Å². The lowest BCUT2D eigenvalue weighted by Crippen LogP contribution is -1.84. The van der Waals surface area contributed by atoms with Gasteiger partial charge in [0.1, 0.15) is 0 Å². The van der Waals surface area contributed by atoms with Crippen molar-refractivity contribution in [3.05, 3.63) is 28.8 Å². The summed E-state index contributed by atoms with van der Waals surface area (Å²) in [5, 5.41) is 4.64. The number of hydrogen-bond acceptors (Lipinski definition) is 6. The van der Waals surface area contributed by atoms with Gasteiger partial charge in [0, 0.05) is 4.88 Å². The van der Waals surface area contributed by atoms with Gasteiger partial charge in [0.15, 0.2) is 5.76 Å². The normalized spacial score (nSPS) is 11.1. The predicted octanol–water partition coefficient (Wildman–Crippen LogP) is 3.51. The molecule has 6 heteroatoms. The molecular weight excluding hydrogens is 262 g/mol. The Morgan fingerprint density at radius 2 is 2.26 bits per heavy atom. The monoisotopic (exact) mass is 275 g/mol. The van der Waals surface area contributed by atoms with Crippen LogP contribution in [-0.2, 0) is 6.42 Å². The summed E-state index contributed by atoms with van der Waals surface area (Å²) in [6, 6.07) is 3.85. The number of rotatable bonds is 3. The molecular formula is C13H13N3O2S. The third-order valence-corrected chi connectivity index (χ3v) is 3.99. The molecule has 0 saturated carbocycles. The van der Waals surface area contributed by atoms with E-state index < -0.39 is 0 Å². The minimum Gasteiger partial charge on any atom is -0.461 e. The largest absolute Gasteiger partial charge is 0.461 e. The molecule has 98 valence electrons. The van der Waals surface area contributed by atoms with Crippen molar-refractivity contribution in [2.75, 3.05) is 5.73 Å². The van der Waals surface area contributed by atoms with Crippen molar-refractivity contribution in [1.29, 1.82) is 0 Å². The molecule has 0 aromatic carbocycles. The van der Waals surface area contributed by atoms with Crippen LogP contribution in [0.5, 0.6) is 0 Å². The lowest BCUT2D eigenvalue weighted by molar-refractivity contribution is 0.429. The summed E-state index contributed by atoms with van der Waals surface area (Å²) < 4.78 is 10.6. The Balaban J connectivity index is 2.01. The third-order valence-electron chi connectivity index (χ3n) is 2.88. The van der Waals surface area contributed by atoms with E-state index in [-0.39, 0.29) is 0 Å². The zero-order chi connectivity index (χ0) is 13.4. The van der Waals surface area contributed by atoms with Gasteiger partial charge in [-0.15, -0.1) is 11.3 Å². The molecule has 5 nitrogen and oxygen atoms in total. The van der Waals surface area contributed by atoms with Gasteiger partial charge in [-0.25, -0.2) is 0 Å². The van der Waals surface area contributed by atoms with Crippen LogP contribution in [0.15, 0.2) is 27.3 Å². The molecule has 3 heterocycles. The summed E-state index contributed by atoms with van der Waals surface area (Å²) in [5.41, 5.74) is 7.74. The Morgan fingerprint density at radius 1 is 1.42 bits per heavy atom. The van der Waals surface area contributed by atoms with Crippen LogP contribution in [-0.4, -0.2) is 10.1 Å². The number of nitrogens with two attached hydrogens (primary N) is 1. The average molecular weight is 275 g/mol. The van der Waals surface area contributed by atoms with Crippen molar-refractivity contribution >= 4 is 16.3 Å². The van der Waals surface area contributed by atoms with E-state index in [9.17, 15) is 0 Å². The molecule has 0 radical (unpaired) electrons. The Kier molecular flexibility index (Phi) is 2.87. The highest BCUT2D eigenvalue weighted by Crippen LogP contribution is 2.34. The summed E-state index contributed by atoms with van der Waals surface area (Å²) in [6.45, 7) is 4.02. The Bertz CT molecular complexity index is 711. The first kappa shape index (κ1) is 12.0. The van der Waals surface area contributed by atoms with Gasteiger partial charge in [-0.2, -0.15) is 4.98 Å². The lowest BCUT2D eigenvalue weighted by Gasteiger charge is -1.89. The zero-order valence-corrected chi connectivity index (χ0v) is 11.5. The zero-order valence-electron chi connectivity index (χ0n) is 10.6. The highest BCUT2D eigenvalue weighted by Gasteiger charge is 2.18. The van der Waals surface area contributed by atoms with Crippen LogP contribution in [0.1, 0.15) is 17.4 Å². The first-order valence-electron chi connectivity index (χ1n) is 5.95. The molecule has 0 aliphatic rings. The molecule has 0 atom stereocenters. The first-order valence-corrected chi connectivity index (χ1v) is 6.77. The molecule has 0 fully saturated rings. The first-order chi connectivity index (χ1) is 9.19. The van der Waals surface area contributed by atoms with Gasteiger partial charge in [-0.3, -0.25) is 0 Å². The van der Waals surface area contributed by atoms with E-state index in [0.717, 1.165) is 17.5 Å². The fourth-order valence-corrected chi connectivity index (χ4v) is 2.69. The van der Waals surface area contributed by atoms with Crippen molar-refractivity contribution in [1.82, 2.24) is 10.1 Å². The molecule has 3 aromatic rings. The summed E-state index contributed by atoms with van der Waals surface area (Å²) in [7, 11) is 0. The highest BCUT2D eigenvalue weighted by atomic mass is 32.1. The standard InChI is InChI=1S/C13H13N3O2S/c1-3-8-6-9(11(14)19-8)13-15-12(16-18-13)10-7(2)4-5-17-10/h4-6H,3,14H2,1-2H3. The van der Waals surface area contributed by atoms with Crippen molar-refractivity contribution in [2.24, 2.45) is 0 Å².